The summed E-state index contributed by atoms with van der Waals surface area (Å²) >= 11 is 6.59. The smallest absolute Gasteiger partial charge is 0.211 e. The number of halogens is 2. The first kappa shape index (κ1) is 13.7. The summed E-state index contributed by atoms with van der Waals surface area (Å²) in [5, 5.41) is -0.603. The van der Waals surface area contributed by atoms with E-state index in [4.69, 9.17) is 4.74 Å². The average Bonchev–Trinajstić information content (AvgIpc) is 2.19. The minimum atomic E-state index is -0.603. The Morgan fingerprint density at radius 3 is 2.19 bits per heavy atom. The molecule has 0 bridgehead atoms. The van der Waals surface area contributed by atoms with Gasteiger partial charge < -0.3 is 4.74 Å². The van der Waals surface area contributed by atoms with E-state index in [1.165, 1.54) is 0 Å². The number of carbonyl (C=O) groups is 1. The van der Waals surface area contributed by atoms with Crippen molar-refractivity contribution in [1.29, 1.82) is 0 Å². The van der Waals surface area contributed by atoms with Crippen molar-refractivity contribution in [3.8, 4) is 5.75 Å². The van der Waals surface area contributed by atoms with Crippen LogP contribution in [-0.4, -0.2) is 10.8 Å². The molecule has 1 aromatic carbocycles. The molecule has 0 amide bonds. The maximum atomic E-state index is 11.9. The zero-order valence-electron chi connectivity index (χ0n) is 9.46. The molecule has 1 rings (SSSR count). The molecule has 0 N–H and O–H groups in total. The van der Waals surface area contributed by atoms with Crippen LogP contribution in [0, 0.1) is 5.41 Å². The Labute approximate surface area is 113 Å². The lowest BCUT2D eigenvalue weighted by Crippen LogP contribution is -2.32. The van der Waals surface area contributed by atoms with Crippen LogP contribution < -0.4 is 4.74 Å². The van der Waals surface area contributed by atoms with Crippen LogP contribution in [0.5, 0.6) is 5.75 Å². The van der Waals surface area contributed by atoms with Crippen molar-refractivity contribution in [3.63, 3.8) is 0 Å². The molecule has 0 heterocycles. The molecule has 0 saturated carbocycles. The molecule has 2 nitrogen and oxygen atoms in total. The van der Waals surface area contributed by atoms with Gasteiger partial charge in [0.1, 0.15) is 5.75 Å². The molecule has 0 aliphatic rings. The lowest BCUT2D eigenvalue weighted by atomic mass is 9.91. The van der Waals surface area contributed by atoms with Crippen molar-refractivity contribution >= 4 is 37.6 Å². The third kappa shape index (κ3) is 3.91. The van der Waals surface area contributed by atoms with Gasteiger partial charge in [0.05, 0.1) is 0 Å². The summed E-state index contributed by atoms with van der Waals surface area (Å²) < 4.78 is 6.48. The van der Waals surface area contributed by atoms with Crippen LogP contribution in [0.4, 0.5) is 0 Å². The first-order valence-corrected chi connectivity index (χ1v) is 6.62. The zero-order valence-corrected chi connectivity index (χ0v) is 12.6. The number of alkyl halides is 1. The Hall–Kier alpha value is -0.350. The van der Waals surface area contributed by atoms with E-state index in [1.807, 2.05) is 45.0 Å². The SMILES string of the molecule is CC(C)(C)C(=O)C(Br)Oc1ccc(Br)cc1. The Morgan fingerprint density at radius 2 is 1.75 bits per heavy atom. The van der Waals surface area contributed by atoms with Gasteiger partial charge in [0.25, 0.3) is 0 Å². The van der Waals surface area contributed by atoms with E-state index in [1.54, 1.807) is 0 Å². The number of hydrogen-bond acceptors (Lipinski definition) is 2. The summed E-state index contributed by atoms with van der Waals surface area (Å²) in [5.41, 5.74) is -0.413. The molecule has 0 aliphatic carbocycles. The van der Waals surface area contributed by atoms with E-state index in [0.717, 1.165) is 4.47 Å². The first-order chi connectivity index (χ1) is 7.30. The molecule has 4 heteroatoms. The van der Waals surface area contributed by atoms with E-state index in [9.17, 15) is 4.79 Å². The van der Waals surface area contributed by atoms with Gasteiger partial charge in [-0.2, -0.15) is 0 Å². The van der Waals surface area contributed by atoms with Crippen LogP contribution in [0.2, 0.25) is 0 Å². The van der Waals surface area contributed by atoms with Crippen LogP contribution >= 0.6 is 31.9 Å². The lowest BCUT2D eigenvalue weighted by molar-refractivity contribution is -0.129. The van der Waals surface area contributed by atoms with E-state index in [2.05, 4.69) is 31.9 Å². The second-order valence-corrected chi connectivity index (χ2v) is 6.25. The third-order valence-electron chi connectivity index (χ3n) is 2.00. The van der Waals surface area contributed by atoms with E-state index < -0.39 is 10.4 Å². The van der Waals surface area contributed by atoms with Crippen molar-refractivity contribution in [1.82, 2.24) is 0 Å². The van der Waals surface area contributed by atoms with Crippen LogP contribution in [0.3, 0.4) is 0 Å². The molecule has 88 valence electrons. The van der Waals surface area contributed by atoms with Gasteiger partial charge in [0, 0.05) is 9.89 Å². The van der Waals surface area contributed by atoms with E-state index in [0.29, 0.717) is 5.75 Å². The Bertz CT molecular complexity index is 366. The summed E-state index contributed by atoms with van der Waals surface area (Å²) in [5.74, 6) is 0.693. The van der Waals surface area contributed by atoms with Gasteiger partial charge >= 0.3 is 0 Å². The lowest BCUT2D eigenvalue weighted by Gasteiger charge is -2.21. The standard InChI is InChI=1S/C12H14Br2O2/c1-12(2,3)10(15)11(14)16-9-6-4-8(13)5-7-9/h4-7,11H,1-3H3. The fourth-order valence-corrected chi connectivity index (χ4v) is 2.19. The minimum Gasteiger partial charge on any atom is -0.471 e. The summed E-state index contributed by atoms with van der Waals surface area (Å²) in [4.78, 5) is 11.9. The topological polar surface area (TPSA) is 26.3 Å². The summed E-state index contributed by atoms with van der Waals surface area (Å²) in [6.45, 7) is 5.61. The van der Waals surface area contributed by atoms with Crippen LogP contribution in [0.25, 0.3) is 0 Å². The molecule has 1 atom stereocenters. The molecule has 0 spiro atoms. The maximum absolute atomic E-state index is 11.9. The zero-order chi connectivity index (χ0) is 12.3. The molecule has 16 heavy (non-hydrogen) atoms. The fourth-order valence-electron chi connectivity index (χ4n) is 1.03. The quantitative estimate of drug-likeness (QED) is 0.766. The highest BCUT2D eigenvalue weighted by molar-refractivity contribution is 9.10. The monoisotopic (exact) mass is 348 g/mol. The molecular weight excluding hydrogens is 336 g/mol. The van der Waals surface area contributed by atoms with Crippen molar-refractivity contribution in [3.05, 3.63) is 28.7 Å². The van der Waals surface area contributed by atoms with Gasteiger partial charge in [-0.1, -0.05) is 36.7 Å². The van der Waals surface area contributed by atoms with Crippen molar-refractivity contribution in [2.24, 2.45) is 5.41 Å². The molecule has 0 aliphatic heterocycles. The number of ketones is 1. The van der Waals surface area contributed by atoms with Gasteiger partial charge in [-0.05, 0) is 40.2 Å². The molecule has 0 radical (unpaired) electrons. The normalized spacial score (nSPS) is 13.3. The summed E-state index contributed by atoms with van der Waals surface area (Å²) in [7, 11) is 0. The third-order valence-corrected chi connectivity index (χ3v) is 3.13. The molecule has 0 saturated heterocycles. The molecule has 1 unspecified atom stereocenters. The molecule has 1 aromatic rings. The Balaban J connectivity index is 2.68. The average molecular weight is 350 g/mol. The number of Topliss-reactive ketones (excluding diaryl/α,β-unsaturated/α-hetero) is 1. The predicted molar refractivity (Wildman–Crippen MR) is 71.9 cm³/mol. The van der Waals surface area contributed by atoms with E-state index in [-0.39, 0.29) is 5.78 Å². The first-order valence-electron chi connectivity index (χ1n) is 4.91. The van der Waals surface area contributed by atoms with Gasteiger partial charge in [-0.15, -0.1) is 0 Å². The second kappa shape index (κ2) is 5.32. The van der Waals surface area contributed by atoms with Gasteiger partial charge in [-0.3, -0.25) is 4.79 Å². The number of benzene rings is 1. The fraction of sp³-hybridized carbons (Fsp3) is 0.417. The van der Waals surface area contributed by atoms with Crippen molar-refractivity contribution < 1.29 is 9.53 Å². The van der Waals surface area contributed by atoms with Crippen LogP contribution in [0.1, 0.15) is 20.8 Å². The summed E-state index contributed by atoms with van der Waals surface area (Å²) in [6, 6.07) is 7.37. The second-order valence-electron chi connectivity index (χ2n) is 4.50. The largest absolute Gasteiger partial charge is 0.471 e. The Morgan fingerprint density at radius 1 is 1.25 bits per heavy atom. The number of hydrogen-bond donors (Lipinski definition) is 0. The number of rotatable bonds is 3. The van der Waals surface area contributed by atoms with E-state index >= 15 is 0 Å². The van der Waals surface area contributed by atoms with Crippen LogP contribution in [-0.2, 0) is 4.79 Å². The predicted octanol–water partition coefficient (Wildman–Crippen LogP) is 4.16. The highest BCUT2D eigenvalue weighted by atomic mass is 79.9. The van der Waals surface area contributed by atoms with Crippen LogP contribution in [0.15, 0.2) is 28.7 Å². The number of ether oxygens (including phenoxy) is 1. The van der Waals surface area contributed by atoms with Gasteiger partial charge in [0.15, 0.2) is 5.78 Å². The van der Waals surface area contributed by atoms with Crippen molar-refractivity contribution in [2.45, 2.75) is 25.8 Å². The molecule has 0 fully saturated rings. The minimum absolute atomic E-state index is 0.0235. The van der Waals surface area contributed by atoms with Gasteiger partial charge in [-0.25, -0.2) is 0 Å². The maximum Gasteiger partial charge on any atom is 0.211 e. The molecule has 0 aromatic heterocycles. The van der Waals surface area contributed by atoms with Crippen molar-refractivity contribution in [2.75, 3.05) is 0 Å². The summed E-state index contributed by atoms with van der Waals surface area (Å²) in [6.07, 6.45) is 0. The Kier molecular flexibility index (Phi) is 4.56. The molecular formula is C12H14Br2O2. The highest BCUT2D eigenvalue weighted by Crippen LogP contribution is 2.24. The number of carbonyl (C=O) groups excluding carboxylic acids is 1. The highest BCUT2D eigenvalue weighted by Gasteiger charge is 2.29. The van der Waals surface area contributed by atoms with Gasteiger partial charge in [0.2, 0.25) is 5.01 Å².